The third-order valence-electron chi connectivity index (χ3n) is 4.13. The third-order valence-corrected chi connectivity index (χ3v) is 4.13. The van der Waals surface area contributed by atoms with Gasteiger partial charge in [-0.05, 0) is 30.5 Å². The summed E-state index contributed by atoms with van der Waals surface area (Å²) in [6.07, 6.45) is 10.5. The molecule has 1 aliphatic carbocycles. The van der Waals surface area contributed by atoms with Gasteiger partial charge in [-0.2, -0.15) is 5.26 Å². The monoisotopic (exact) mass is 265 g/mol. The van der Waals surface area contributed by atoms with E-state index in [1.807, 2.05) is 24.4 Å². The molecule has 0 bridgehead atoms. The van der Waals surface area contributed by atoms with Crippen molar-refractivity contribution in [1.29, 1.82) is 5.26 Å². The predicted octanol–water partition coefficient (Wildman–Crippen LogP) is 3.85. The van der Waals surface area contributed by atoms with Crippen LogP contribution in [0.25, 0.3) is 0 Å². The Hall–Kier alpha value is -2.08. The maximum absolute atomic E-state index is 8.98. The van der Waals surface area contributed by atoms with Crippen molar-refractivity contribution in [3.8, 4) is 6.07 Å². The Kier molecular flexibility index (Phi) is 3.83. The van der Waals surface area contributed by atoms with Crippen molar-refractivity contribution in [3.05, 3.63) is 53.6 Å². The highest BCUT2D eigenvalue weighted by Crippen LogP contribution is 2.31. The molecule has 1 aliphatic rings. The summed E-state index contributed by atoms with van der Waals surface area (Å²) in [7, 11) is 0. The lowest BCUT2D eigenvalue weighted by atomic mass is 9.88. The molecule has 1 heterocycles. The highest BCUT2D eigenvalue weighted by atomic mass is 15.1. The van der Waals surface area contributed by atoms with Gasteiger partial charge in [0.1, 0.15) is 5.82 Å². The second kappa shape index (κ2) is 5.92. The molecule has 102 valence electrons. The van der Waals surface area contributed by atoms with Crippen molar-refractivity contribution >= 4 is 0 Å². The van der Waals surface area contributed by atoms with Crippen LogP contribution in [0.5, 0.6) is 0 Å². The van der Waals surface area contributed by atoms with Crippen molar-refractivity contribution in [2.24, 2.45) is 0 Å². The summed E-state index contributed by atoms with van der Waals surface area (Å²) in [4.78, 5) is 4.58. The smallest absolute Gasteiger partial charge is 0.112 e. The van der Waals surface area contributed by atoms with Crippen LogP contribution < -0.4 is 0 Å². The van der Waals surface area contributed by atoms with E-state index in [4.69, 9.17) is 5.26 Å². The molecule has 0 saturated heterocycles. The molecule has 0 N–H and O–H groups in total. The van der Waals surface area contributed by atoms with E-state index in [1.54, 1.807) is 0 Å². The van der Waals surface area contributed by atoms with Gasteiger partial charge in [-0.1, -0.05) is 31.4 Å². The Morgan fingerprint density at radius 2 is 2.10 bits per heavy atom. The Balaban J connectivity index is 1.80. The van der Waals surface area contributed by atoms with E-state index in [2.05, 4.69) is 27.9 Å². The van der Waals surface area contributed by atoms with Crippen LogP contribution in [0.3, 0.4) is 0 Å². The first-order valence-electron chi connectivity index (χ1n) is 7.37. The normalized spacial score (nSPS) is 15.9. The highest BCUT2D eigenvalue weighted by molar-refractivity contribution is 5.33. The summed E-state index contributed by atoms with van der Waals surface area (Å²) in [5, 5.41) is 8.98. The molecule has 1 aromatic heterocycles. The van der Waals surface area contributed by atoms with E-state index >= 15 is 0 Å². The molecule has 0 amide bonds. The van der Waals surface area contributed by atoms with Crippen LogP contribution in [0.4, 0.5) is 0 Å². The first kappa shape index (κ1) is 12.9. The molecule has 1 saturated carbocycles. The number of nitriles is 1. The van der Waals surface area contributed by atoms with Gasteiger partial charge < -0.3 is 4.57 Å². The van der Waals surface area contributed by atoms with Crippen molar-refractivity contribution in [2.75, 3.05) is 0 Å². The SMILES string of the molecule is N#Cc1cccc(Cn2ccnc2C2CCCCC2)c1. The topological polar surface area (TPSA) is 41.6 Å². The Morgan fingerprint density at radius 3 is 2.90 bits per heavy atom. The van der Waals surface area contributed by atoms with Crippen LogP contribution in [0.1, 0.15) is 55.0 Å². The average Bonchev–Trinajstić information content (AvgIpc) is 2.96. The lowest BCUT2D eigenvalue weighted by Gasteiger charge is -2.22. The maximum Gasteiger partial charge on any atom is 0.112 e. The molecule has 3 heteroatoms. The van der Waals surface area contributed by atoms with Gasteiger partial charge in [0.25, 0.3) is 0 Å². The molecule has 1 aromatic carbocycles. The molecule has 1 fully saturated rings. The Morgan fingerprint density at radius 1 is 1.25 bits per heavy atom. The van der Waals surface area contributed by atoms with E-state index in [0.717, 1.165) is 12.1 Å². The standard InChI is InChI=1S/C17H19N3/c18-12-14-5-4-6-15(11-14)13-20-10-9-19-17(20)16-7-2-1-3-8-16/h4-6,9-11,16H,1-3,7-8,13H2. The minimum atomic E-state index is 0.609. The molecule has 0 aliphatic heterocycles. The van der Waals surface area contributed by atoms with Crippen molar-refractivity contribution in [3.63, 3.8) is 0 Å². The van der Waals surface area contributed by atoms with Crippen LogP contribution >= 0.6 is 0 Å². The second-order valence-electron chi connectivity index (χ2n) is 5.56. The largest absolute Gasteiger partial charge is 0.330 e. The molecule has 0 unspecified atom stereocenters. The number of aromatic nitrogens is 2. The summed E-state index contributed by atoms with van der Waals surface area (Å²) < 4.78 is 2.24. The van der Waals surface area contributed by atoms with E-state index < -0.39 is 0 Å². The number of benzene rings is 1. The zero-order chi connectivity index (χ0) is 13.8. The zero-order valence-electron chi connectivity index (χ0n) is 11.6. The summed E-state index contributed by atoms with van der Waals surface area (Å²) in [5.41, 5.74) is 1.89. The van der Waals surface area contributed by atoms with Crippen LogP contribution in [-0.4, -0.2) is 9.55 Å². The molecule has 3 rings (SSSR count). The van der Waals surface area contributed by atoms with Gasteiger partial charge in [0, 0.05) is 24.9 Å². The quantitative estimate of drug-likeness (QED) is 0.845. The lowest BCUT2D eigenvalue weighted by Crippen LogP contribution is -2.12. The zero-order valence-corrected chi connectivity index (χ0v) is 11.6. The molecule has 20 heavy (non-hydrogen) atoms. The minimum absolute atomic E-state index is 0.609. The van der Waals surface area contributed by atoms with E-state index in [0.29, 0.717) is 5.92 Å². The number of hydrogen-bond acceptors (Lipinski definition) is 2. The van der Waals surface area contributed by atoms with Gasteiger partial charge in [-0.15, -0.1) is 0 Å². The fraction of sp³-hybridized carbons (Fsp3) is 0.412. The van der Waals surface area contributed by atoms with Crippen molar-refractivity contribution in [1.82, 2.24) is 9.55 Å². The van der Waals surface area contributed by atoms with Gasteiger partial charge in [-0.3, -0.25) is 0 Å². The van der Waals surface area contributed by atoms with E-state index in [9.17, 15) is 0 Å². The molecule has 3 nitrogen and oxygen atoms in total. The third kappa shape index (κ3) is 2.75. The predicted molar refractivity (Wildman–Crippen MR) is 78.3 cm³/mol. The van der Waals surface area contributed by atoms with Crippen LogP contribution in [0.2, 0.25) is 0 Å². The minimum Gasteiger partial charge on any atom is -0.330 e. The van der Waals surface area contributed by atoms with Crippen LogP contribution in [0.15, 0.2) is 36.7 Å². The lowest BCUT2D eigenvalue weighted by molar-refractivity contribution is 0.418. The van der Waals surface area contributed by atoms with Crippen molar-refractivity contribution < 1.29 is 0 Å². The van der Waals surface area contributed by atoms with Gasteiger partial charge in [0.15, 0.2) is 0 Å². The van der Waals surface area contributed by atoms with Gasteiger partial charge in [-0.25, -0.2) is 4.98 Å². The number of nitrogens with zero attached hydrogens (tertiary/aromatic N) is 3. The fourth-order valence-corrected chi connectivity index (χ4v) is 3.11. The number of hydrogen-bond donors (Lipinski definition) is 0. The number of imidazole rings is 1. The molecule has 0 spiro atoms. The summed E-state index contributed by atoms with van der Waals surface area (Å²) >= 11 is 0. The van der Waals surface area contributed by atoms with E-state index in [1.165, 1.54) is 43.5 Å². The second-order valence-corrected chi connectivity index (χ2v) is 5.56. The Bertz CT molecular complexity index is 615. The molecular formula is C17H19N3. The average molecular weight is 265 g/mol. The van der Waals surface area contributed by atoms with E-state index in [-0.39, 0.29) is 0 Å². The summed E-state index contributed by atoms with van der Waals surface area (Å²) in [5.74, 6) is 1.82. The molecule has 0 atom stereocenters. The van der Waals surface area contributed by atoms with Crippen molar-refractivity contribution in [2.45, 2.75) is 44.6 Å². The summed E-state index contributed by atoms with van der Waals surface area (Å²) in [6, 6.07) is 10.0. The van der Waals surface area contributed by atoms with Gasteiger partial charge in [0.05, 0.1) is 11.6 Å². The maximum atomic E-state index is 8.98. The number of rotatable bonds is 3. The van der Waals surface area contributed by atoms with Gasteiger partial charge in [0.2, 0.25) is 0 Å². The highest BCUT2D eigenvalue weighted by Gasteiger charge is 2.19. The first-order valence-corrected chi connectivity index (χ1v) is 7.37. The van der Waals surface area contributed by atoms with Gasteiger partial charge >= 0.3 is 0 Å². The summed E-state index contributed by atoms with van der Waals surface area (Å²) in [6.45, 7) is 0.807. The molecule has 2 aromatic rings. The fourth-order valence-electron chi connectivity index (χ4n) is 3.11. The molecular weight excluding hydrogens is 246 g/mol. The van der Waals surface area contributed by atoms with Crippen LogP contribution in [-0.2, 0) is 6.54 Å². The Labute approximate surface area is 119 Å². The van der Waals surface area contributed by atoms with Crippen LogP contribution in [0, 0.1) is 11.3 Å². The first-order chi connectivity index (χ1) is 9.86. The molecule has 0 radical (unpaired) electrons.